The highest BCUT2D eigenvalue weighted by molar-refractivity contribution is 8.00. The number of rotatable bonds is 7. The van der Waals surface area contributed by atoms with E-state index in [9.17, 15) is 4.79 Å². The standard InChI is InChI=1S/C20H21ClN4O2S/c1-4-13-5-8-15(9-6-13)22-19(26)12(2)28-20-23-18(24-25-20)16-11-14(21)7-10-17(16)27-3/h5-12H,4H2,1-3H3,(H,22,26)(H,23,24,25)/t12-/m0/s1. The van der Waals surface area contributed by atoms with Crippen LogP contribution in [0.3, 0.4) is 0 Å². The first-order valence-electron chi connectivity index (χ1n) is 8.83. The number of thioether (sulfide) groups is 1. The Kier molecular flexibility index (Phi) is 6.59. The van der Waals surface area contributed by atoms with Crippen LogP contribution in [0.2, 0.25) is 5.02 Å². The molecule has 0 aliphatic heterocycles. The number of nitrogens with zero attached hydrogens (tertiary/aromatic N) is 2. The smallest absolute Gasteiger partial charge is 0.237 e. The zero-order valence-electron chi connectivity index (χ0n) is 15.8. The second-order valence-electron chi connectivity index (χ2n) is 6.11. The molecule has 0 unspecified atom stereocenters. The fourth-order valence-corrected chi connectivity index (χ4v) is 3.46. The van der Waals surface area contributed by atoms with Crippen LogP contribution in [0.15, 0.2) is 47.6 Å². The molecule has 3 aromatic rings. The molecule has 2 N–H and O–H groups in total. The molecule has 28 heavy (non-hydrogen) atoms. The molecule has 0 bridgehead atoms. The molecule has 2 aromatic carbocycles. The first-order valence-corrected chi connectivity index (χ1v) is 10.1. The number of anilines is 1. The number of carbonyl (C=O) groups is 1. The Morgan fingerprint density at radius 3 is 2.71 bits per heavy atom. The van der Waals surface area contributed by atoms with Gasteiger partial charge in [-0.05, 0) is 49.2 Å². The first kappa shape index (κ1) is 20.2. The number of carbonyl (C=O) groups excluding carboxylic acids is 1. The Hall–Kier alpha value is -2.51. The largest absolute Gasteiger partial charge is 0.496 e. The summed E-state index contributed by atoms with van der Waals surface area (Å²) < 4.78 is 5.35. The number of H-pyrrole nitrogens is 1. The second kappa shape index (κ2) is 9.12. The molecule has 6 nitrogen and oxygen atoms in total. The van der Waals surface area contributed by atoms with Crippen LogP contribution in [0.25, 0.3) is 11.4 Å². The Labute approximate surface area is 173 Å². The van der Waals surface area contributed by atoms with Gasteiger partial charge in [-0.1, -0.05) is 42.4 Å². The summed E-state index contributed by atoms with van der Waals surface area (Å²) in [6.07, 6.45) is 0.963. The average Bonchev–Trinajstić information content (AvgIpc) is 3.16. The zero-order chi connectivity index (χ0) is 20.1. The maximum Gasteiger partial charge on any atom is 0.237 e. The average molecular weight is 417 g/mol. The summed E-state index contributed by atoms with van der Waals surface area (Å²) >= 11 is 7.35. The summed E-state index contributed by atoms with van der Waals surface area (Å²) in [6.45, 7) is 3.91. The van der Waals surface area contributed by atoms with Gasteiger partial charge in [0.1, 0.15) is 5.75 Å². The number of benzene rings is 2. The van der Waals surface area contributed by atoms with E-state index in [1.165, 1.54) is 17.3 Å². The van der Waals surface area contributed by atoms with Gasteiger partial charge in [-0.25, -0.2) is 4.98 Å². The van der Waals surface area contributed by atoms with Gasteiger partial charge in [0.15, 0.2) is 5.82 Å². The van der Waals surface area contributed by atoms with Gasteiger partial charge in [-0.3, -0.25) is 9.89 Å². The highest BCUT2D eigenvalue weighted by Gasteiger charge is 2.19. The van der Waals surface area contributed by atoms with Crippen LogP contribution in [0, 0.1) is 0 Å². The SMILES string of the molecule is CCc1ccc(NC(=O)[C@H](C)Sc2n[nH]c(-c3cc(Cl)ccc3OC)n2)cc1. The molecule has 8 heteroatoms. The van der Waals surface area contributed by atoms with Crippen molar-refractivity contribution in [3.8, 4) is 17.1 Å². The first-order chi connectivity index (χ1) is 13.5. The number of methoxy groups -OCH3 is 1. The van der Waals surface area contributed by atoms with Gasteiger partial charge < -0.3 is 10.1 Å². The van der Waals surface area contributed by atoms with E-state index in [4.69, 9.17) is 16.3 Å². The summed E-state index contributed by atoms with van der Waals surface area (Å²) in [4.78, 5) is 16.9. The number of aromatic amines is 1. The number of aromatic nitrogens is 3. The van der Waals surface area contributed by atoms with Crippen molar-refractivity contribution in [2.45, 2.75) is 30.7 Å². The molecular formula is C20H21ClN4O2S. The normalized spacial score (nSPS) is 11.9. The van der Waals surface area contributed by atoms with Crippen molar-refractivity contribution in [1.82, 2.24) is 15.2 Å². The lowest BCUT2D eigenvalue weighted by atomic mass is 10.1. The fourth-order valence-electron chi connectivity index (χ4n) is 2.56. The van der Waals surface area contributed by atoms with E-state index in [0.29, 0.717) is 27.3 Å². The van der Waals surface area contributed by atoms with Crippen LogP contribution < -0.4 is 10.1 Å². The molecule has 1 heterocycles. The molecule has 0 aliphatic carbocycles. The maximum atomic E-state index is 12.5. The molecule has 146 valence electrons. The fraction of sp³-hybridized carbons (Fsp3) is 0.250. The number of ether oxygens (including phenoxy) is 1. The molecule has 0 radical (unpaired) electrons. The molecule has 1 amide bonds. The third-order valence-corrected chi connectivity index (χ3v) is 5.36. The summed E-state index contributed by atoms with van der Waals surface area (Å²) in [5.74, 6) is 1.06. The van der Waals surface area contributed by atoms with Crippen LogP contribution in [0.5, 0.6) is 5.75 Å². The van der Waals surface area contributed by atoms with Crippen molar-refractivity contribution in [3.63, 3.8) is 0 Å². The second-order valence-corrected chi connectivity index (χ2v) is 7.86. The maximum absolute atomic E-state index is 12.5. The molecule has 0 fully saturated rings. The van der Waals surface area contributed by atoms with E-state index in [-0.39, 0.29) is 11.2 Å². The van der Waals surface area contributed by atoms with Crippen LogP contribution in [0.1, 0.15) is 19.4 Å². The van der Waals surface area contributed by atoms with Gasteiger partial charge in [0, 0.05) is 10.7 Å². The lowest BCUT2D eigenvalue weighted by Gasteiger charge is -2.10. The summed E-state index contributed by atoms with van der Waals surface area (Å²) in [5, 5.41) is 10.7. The molecule has 0 spiro atoms. The van der Waals surface area contributed by atoms with E-state index >= 15 is 0 Å². The van der Waals surface area contributed by atoms with Crippen LogP contribution in [-0.4, -0.2) is 33.4 Å². The third-order valence-electron chi connectivity index (χ3n) is 4.16. The zero-order valence-corrected chi connectivity index (χ0v) is 17.4. The summed E-state index contributed by atoms with van der Waals surface area (Å²) in [6, 6.07) is 13.1. The van der Waals surface area contributed by atoms with E-state index in [2.05, 4.69) is 27.4 Å². The topological polar surface area (TPSA) is 79.9 Å². The molecule has 1 atom stereocenters. The van der Waals surface area contributed by atoms with Gasteiger partial charge in [0.25, 0.3) is 0 Å². The predicted molar refractivity (Wildman–Crippen MR) is 113 cm³/mol. The number of aryl methyl sites for hydroxylation is 1. The van der Waals surface area contributed by atoms with Gasteiger partial charge in [-0.2, -0.15) is 0 Å². The lowest BCUT2D eigenvalue weighted by molar-refractivity contribution is -0.115. The number of amides is 1. The number of hydrogen-bond donors (Lipinski definition) is 2. The summed E-state index contributed by atoms with van der Waals surface area (Å²) in [5.41, 5.74) is 2.71. The molecular weight excluding hydrogens is 396 g/mol. The van der Waals surface area contributed by atoms with Gasteiger partial charge in [-0.15, -0.1) is 5.10 Å². The minimum Gasteiger partial charge on any atom is -0.496 e. The van der Waals surface area contributed by atoms with E-state index in [1.54, 1.807) is 25.3 Å². The van der Waals surface area contributed by atoms with Crippen LogP contribution in [0.4, 0.5) is 5.69 Å². The minimum atomic E-state index is -0.365. The summed E-state index contributed by atoms with van der Waals surface area (Å²) in [7, 11) is 1.58. The lowest BCUT2D eigenvalue weighted by Crippen LogP contribution is -2.22. The Balaban J connectivity index is 1.67. The van der Waals surface area contributed by atoms with E-state index in [1.807, 2.05) is 31.2 Å². The van der Waals surface area contributed by atoms with Crippen LogP contribution in [-0.2, 0) is 11.2 Å². The third kappa shape index (κ3) is 4.85. The highest BCUT2D eigenvalue weighted by atomic mass is 35.5. The Bertz CT molecular complexity index is 959. The van der Waals surface area contributed by atoms with Crippen molar-refractivity contribution in [2.75, 3.05) is 12.4 Å². The molecule has 3 rings (SSSR count). The molecule has 0 saturated carbocycles. The van der Waals surface area contributed by atoms with Gasteiger partial charge in [0.05, 0.1) is 17.9 Å². The van der Waals surface area contributed by atoms with Crippen molar-refractivity contribution in [2.24, 2.45) is 0 Å². The van der Waals surface area contributed by atoms with Crippen molar-refractivity contribution in [1.29, 1.82) is 0 Å². The van der Waals surface area contributed by atoms with E-state index in [0.717, 1.165) is 12.1 Å². The molecule has 0 saturated heterocycles. The highest BCUT2D eigenvalue weighted by Crippen LogP contribution is 2.31. The quantitative estimate of drug-likeness (QED) is 0.540. The van der Waals surface area contributed by atoms with E-state index < -0.39 is 0 Å². The minimum absolute atomic E-state index is 0.110. The van der Waals surface area contributed by atoms with Crippen LogP contribution >= 0.6 is 23.4 Å². The van der Waals surface area contributed by atoms with Crippen molar-refractivity contribution in [3.05, 3.63) is 53.1 Å². The Morgan fingerprint density at radius 2 is 2.04 bits per heavy atom. The predicted octanol–water partition coefficient (Wildman–Crippen LogP) is 4.82. The molecule has 1 aromatic heterocycles. The van der Waals surface area contributed by atoms with Gasteiger partial charge >= 0.3 is 0 Å². The number of hydrogen-bond acceptors (Lipinski definition) is 5. The van der Waals surface area contributed by atoms with Crippen molar-refractivity contribution >= 4 is 35.0 Å². The number of nitrogens with one attached hydrogen (secondary N) is 2. The Morgan fingerprint density at radius 1 is 1.29 bits per heavy atom. The number of halogens is 1. The van der Waals surface area contributed by atoms with Crippen molar-refractivity contribution < 1.29 is 9.53 Å². The molecule has 0 aliphatic rings. The van der Waals surface area contributed by atoms with Gasteiger partial charge in [0.2, 0.25) is 11.1 Å². The monoisotopic (exact) mass is 416 g/mol.